The van der Waals surface area contributed by atoms with Crippen molar-refractivity contribution in [3.05, 3.63) is 51.4 Å². The standard InChI is InChI=1S/C25H30FN2O5.Na/c1-4-7-8-9-10-11-12-28-16-20(25(31)33-6-3)23(29)18-13-21(26)17(14-22(18)28)19(15-27)24(30)32-5-2;/h13-14,16H,4-12H2,1-3H3;/q-1;+1. The van der Waals surface area contributed by atoms with E-state index >= 15 is 0 Å². The van der Waals surface area contributed by atoms with Gasteiger partial charge in [0.25, 0.3) is 5.97 Å². The van der Waals surface area contributed by atoms with Crippen molar-refractivity contribution in [2.24, 2.45) is 0 Å². The van der Waals surface area contributed by atoms with Gasteiger partial charge in [-0.1, -0.05) is 45.1 Å². The molecule has 0 N–H and O–H groups in total. The molecule has 0 saturated carbocycles. The Kier molecular flexibility index (Phi) is 12.9. The first-order chi connectivity index (χ1) is 15.9. The van der Waals surface area contributed by atoms with Crippen LogP contribution in [0, 0.1) is 23.1 Å². The molecular weight excluding hydrogens is 450 g/mol. The van der Waals surface area contributed by atoms with Gasteiger partial charge in [-0.25, -0.2) is 10.1 Å². The van der Waals surface area contributed by atoms with Crippen LogP contribution in [0.2, 0.25) is 0 Å². The molecule has 0 atom stereocenters. The number of carbonyl (C=O) groups is 2. The number of fused-ring (bicyclic) bond motifs is 1. The van der Waals surface area contributed by atoms with E-state index in [1.807, 2.05) is 0 Å². The number of hydrogen-bond acceptors (Lipinski definition) is 6. The molecule has 0 radical (unpaired) electrons. The number of carbonyl (C=O) groups excluding carboxylic acids is 2. The Labute approximate surface area is 221 Å². The molecule has 2 aromatic rings. The minimum Gasteiger partial charge on any atom is -0.471 e. The van der Waals surface area contributed by atoms with E-state index in [0.29, 0.717) is 12.1 Å². The minimum absolute atomic E-state index is 0. The van der Waals surface area contributed by atoms with Crippen molar-refractivity contribution in [1.82, 2.24) is 4.57 Å². The van der Waals surface area contributed by atoms with Crippen molar-refractivity contribution in [2.75, 3.05) is 13.2 Å². The second kappa shape index (κ2) is 14.8. The molecule has 0 bridgehead atoms. The summed E-state index contributed by atoms with van der Waals surface area (Å²) in [6.45, 7) is 5.96. The van der Waals surface area contributed by atoms with Crippen LogP contribution < -0.4 is 35.0 Å². The number of esters is 2. The Hall–Kier alpha value is -2.34. The number of ether oxygens (including phenoxy) is 2. The molecule has 34 heavy (non-hydrogen) atoms. The van der Waals surface area contributed by atoms with E-state index in [2.05, 4.69) is 6.92 Å². The molecule has 9 heteroatoms. The van der Waals surface area contributed by atoms with Gasteiger partial charge in [-0.2, -0.15) is 0 Å². The summed E-state index contributed by atoms with van der Waals surface area (Å²) in [5.74, 6) is -3.12. The van der Waals surface area contributed by atoms with Crippen LogP contribution in [0.3, 0.4) is 0 Å². The van der Waals surface area contributed by atoms with Gasteiger partial charge in [-0.05, 0) is 25.8 Å². The van der Waals surface area contributed by atoms with Gasteiger partial charge in [0, 0.05) is 35.9 Å². The van der Waals surface area contributed by atoms with E-state index in [4.69, 9.17) is 9.47 Å². The monoisotopic (exact) mass is 480 g/mol. The molecule has 1 aromatic carbocycles. The maximum Gasteiger partial charge on any atom is 1.00 e. The maximum absolute atomic E-state index is 14.9. The maximum atomic E-state index is 14.9. The van der Waals surface area contributed by atoms with Crippen LogP contribution in [0.25, 0.3) is 10.9 Å². The van der Waals surface area contributed by atoms with Crippen molar-refractivity contribution < 1.29 is 53.0 Å². The molecule has 0 amide bonds. The molecular formula is C25H30FN2NaO5. The van der Waals surface area contributed by atoms with Gasteiger partial charge in [0.15, 0.2) is 0 Å². The Morgan fingerprint density at radius 1 is 1.06 bits per heavy atom. The Morgan fingerprint density at radius 2 is 1.71 bits per heavy atom. The Bertz CT molecular complexity index is 1090. The van der Waals surface area contributed by atoms with E-state index in [-0.39, 0.29) is 59.3 Å². The molecule has 0 aliphatic rings. The summed E-state index contributed by atoms with van der Waals surface area (Å²) >= 11 is 0. The van der Waals surface area contributed by atoms with Crippen LogP contribution in [-0.2, 0) is 20.8 Å². The second-order valence-corrected chi connectivity index (χ2v) is 7.61. The molecule has 1 heterocycles. The van der Waals surface area contributed by atoms with Crippen molar-refractivity contribution in [3.8, 4) is 6.07 Å². The van der Waals surface area contributed by atoms with Gasteiger partial charge >= 0.3 is 35.5 Å². The van der Waals surface area contributed by atoms with Crippen molar-refractivity contribution in [3.63, 3.8) is 0 Å². The minimum atomic E-state index is -0.939. The summed E-state index contributed by atoms with van der Waals surface area (Å²) < 4.78 is 26.5. The largest absolute Gasteiger partial charge is 1.00 e. The quantitative estimate of drug-likeness (QED) is 0.199. The van der Waals surface area contributed by atoms with E-state index in [9.17, 15) is 24.0 Å². The molecule has 0 aliphatic carbocycles. The zero-order valence-electron chi connectivity index (χ0n) is 20.4. The van der Waals surface area contributed by atoms with Gasteiger partial charge in [0.1, 0.15) is 5.56 Å². The number of nitrogens with zero attached hydrogens (tertiary/aromatic N) is 2. The zero-order valence-corrected chi connectivity index (χ0v) is 22.4. The first-order valence-electron chi connectivity index (χ1n) is 11.4. The smallest absolute Gasteiger partial charge is 0.471 e. The third-order valence-electron chi connectivity index (χ3n) is 5.28. The number of unbranched alkanes of at least 4 members (excludes halogenated alkanes) is 5. The van der Waals surface area contributed by atoms with Gasteiger partial charge in [-0.15, -0.1) is 11.6 Å². The number of aryl methyl sites for hydroxylation is 1. The normalized spacial score (nSPS) is 10.3. The summed E-state index contributed by atoms with van der Waals surface area (Å²) in [6.07, 6.45) is 7.64. The van der Waals surface area contributed by atoms with Crippen LogP contribution in [0.15, 0.2) is 23.1 Å². The first-order valence-corrected chi connectivity index (χ1v) is 11.4. The van der Waals surface area contributed by atoms with Gasteiger partial charge in [-0.3, -0.25) is 14.0 Å². The number of aromatic nitrogens is 1. The average Bonchev–Trinajstić information content (AvgIpc) is 2.79. The van der Waals surface area contributed by atoms with Crippen LogP contribution >= 0.6 is 0 Å². The number of halogens is 1. The van der Waals surface area contributed by atoms with Gasteiger partial charge < -0.3 is 14.0 Å². The number of benzene rings is 1. The fraction of sp³-hybridized carbons (Fsp3) is 0.480. The molecule has 0 unspecified atom stereocenters. The average molecular weight is 481 g/mol. The fourth-order valence-electron chi connectivity index (χ4n) is 3.62. The number of rotatable bonds is 12. The molecule has 2 rings (SSSR count). The molecule has 0 spiro atoms. The first kappa shape index (κ1) is 29.7. The predicted octanol–water partition coefficient (Wildman–Crippen LogP) is 1.69. The molecule has 0 aliphatic heterocycles. The fourth-order valence-corrected chi connectivity index (χ4v) is 3.62. The number of nitriles is 1. The predicted molar refractivity (Wildman–Crippen MR) is 122 cm³/mol. The second-order valence-electron chi connectivity index (χ2n) is 7.61. The summed E-state index contributed by atoms with van der Waals surface area (Å²) in [5.41, 5.74) is -0.765. The molecule has 0 saturated heterocycles. The zero-order chi connectivity index (χ0) is 24.4. The van der Waals surface area contributed by atoms with Crippen LogP contribution in [0.4, 0.5) is 4.39 Å². The summed E-state index contributed by atoms with van der Waals surface area (Å²) in [4.78, 5) is 37.4. The van der Waals surface area contributed by atoms with Crippen molar-refractivity contribution in [1.29, 1.82) is 5.26 Å². The Morgan fingerprint density at radius 3 is 2.32 bits per heavy atom. The third-order valence-corrected chi connectivity index (χ3v) is 5.28. The summed E-state index contributed by atoms with van der Waals surface area (Å²) in [7, 11) is 0. The van der Waals surface area contributed by atoms with E-state index in [1.165, 1.54) is 12.3 Å². The van der Waals surface area contributed by atoms with E-state index in [1.54, 1.807) is 24.5 Å². The number of pyridine rings is 1. The van der Waals surface area contributed by atoms with E-state index < -0.39 is 29.1 Å². The summed E-state index contributed by atoms with van der Waals surface area (Å²) in [6, 6.07) is 3.96. The SMILES string of the molecule is CCCCCCCCn1cc(C(=O)OCC)c(=O)c2cc(F)c([C-](C#N)C(=O)OCC)cc21.[Na+]. The van der Waals surface area contributed by atoms with Crippen molar-refractivity contribution in [2.45, 2.75) is 65.8 Å². The molecule has 1 aromatic heterocycles. The summed E-state index contributed by atoms with van der Waals surface area (Å²) in [5, 5.41) is 9.41. The topological polar surface area (TPSA) is 98.4 Å². The third kappa shape index (κ3) is 7.33. The van der Waals surface area contributed by atoms with Crippen LogP contribution in [0.5, 0.6) is 0 Å². The molecule has 178 valence electrons. The van der Waals surface area contributed by atoms with E-state index in [0.717, 1.165) is 44.6 Å². The Balaban J connectivity index is 0.00000578. The number of hydrogen-bond donors (Lipinski definition) is 0. The van der Waals surface area contributed by atoms with Gasteiger partial charge in [0.05, 0.1) is 13.2 Å². The van der Waals surface area contributed by atoms with Crippen LogP contribution in [0.1, 0.15) is 75.2 Å². The molecule has 7 nitrogen and oxygen atoms in total. The van der Waals surface area contributed by atoms with Crippen molar-refractivity contribution >= 4 is 22.8 Å². The van der Waals surface area contributed by atoms with Crippen LogP contribution in [-0.4, -0.2) is 29.7 Å². The van der Waals surface area contributed by atoms with Gasteiger partial charge in [0.2, 0.25) is 5.43 Å². The molecule has 0 fully saturated rings.